The van der Waals surface area contributed by atoms with E-state index in [1.807, 2.05) is 0 Å². The van der Waals surface area contributed by atoms with Gasteiger partial charge in [0.15, 0.2) is 0 Å². The van der Waals surface area contributed by atoms with Gasteiger partial charge in [-0.15, -0.1) is 0 Å². The van der Waals surface area contributed by atoms with Gasteiger partial charge in [0.2, 0.25) is 0 Å². The first-order chi connectivity index (χ1) is 10.4. The summed E-state index contributed by atoms with van der Waals surface area (Å²) in [5.41, 5.74) is 0.708. The molecule has 0 amide bonds. The molecule has 0 saturated heterocycles. The fraction of sp³-hybridized carbons (Fsp3) is 0.357. The van der Waals surface area contributed by atoms with Gasteiger partial charge >= 0.3 is 5.97 Å². The molecular weight excluding hydrogens is 310 g/mol. The van der Waals surface area contributed by atoms with E-state index in [4.69, 9.17) is 9.57 Å². The van der Waals surface area contributed by atoms with Crippen LogP contribution in [0, 0.1) is 0 Å². The number of hydrogen-bond acceptors (Lipinski definition) is 6. The monoisotopic (exact) mass is 327 g/mol. The highest BCUT2D eigenvalue weighted by molar-refractivity contribution is 7.85. The summed E-state index contributed by atoms with van der Waals surface area (Å²) in [5.74, 6) is 0.213. The van der Waals surface area contributed by atoms with E-state index >= 15 is 0 Å². The maximum Gasteiger partial charge on any atom is 0.329 e. The van der Waals surface area contributed by atoms with Crippen molar-refractivity contribution in [3.05, 3.63) is 30.5 Å². The molecule has 1 heterocycles. The van der Waals surface area contributed by atoms with E-state index in [0.717, 1.165) is 11.6 Å². The van der Waals surface area contributed by atoms with Gasteiger partial charge in [0.1, 0.15) is 5.75 Å². The Balaban J connectivity index is 2.00. The van der Waals surface area contributed by atoms with Crippen molar-refractivity contribution in [2.75, 3.05) is 19.5 Å². The zero-order chi connectivity index (χ0) is 16.2. The van der Waals surface area contributed by atoms with Crippen molar-refractivity contribution in [3.63, 3.8) is 0 Å². The molecule has 0 saturated carbocycles. The lowest BCUT2D eigenvalue weighted by molar-refractivity contribution is -0.140. The molecule has 0 aliphatic heterocycles. The molecule has 0 bridgehead atoms. The molecule has 0 atom stereocenters. The van der Waals surface area contributed by atoms with Gasteiger partial charge in [-0.3, -0.25) is 4.18 Å². The van der Waals surface area contributed by atoms with Gasteiger partial charge in [0, 0.05) is 24.9 Å². The number of rotatable bonds is 7. The number of benzene rings is 1. The molecule has 8 heteroatoms. The lowest BCUT2D eigenvalue weighted by Gasteiger charge is -2.08. The molecule has 0 N–H and O–H groups in total. The minimum atomic E-state index is -3.42. The van der Waals surface area contributed by atoms with Crippen molar-refractivity contribution in [3.8, 4) is 5.75 Å². The van der Waals surface area contributed by atoms with Crippen LogP contribution < -0.4 is 9.57 Å². The number of hydrogen-bond donors (Lipinski definition) is 0. The molecule has 120 valence electrons. The molecular formula is C14H17NO6S. The first-order valence-corrected chi connectivity index (χ1v) is 8.44. The Morgan fingerprint density at radius 1 is 1.23 bits per heavy atom. The summed E-state index contributed by atoms with van der Waals surface area (Å²) in [6, 6.07) is 7.15. The Labute approximate surface area is 128 Å². The maximum absolute atomic E-state index is 11.0. The van der Waals surface area contributed by atoms with E-state index in [-0.39, 0.29) is 6.61 Å². The van der Waals surface area contributed by atoms with Crippen molar-refractivity contribution >= 4 is 27.0 Å². The van der Waals surface area contributed by atoms with Crippen molar-refractivity contribution < 1.29 is 27.0 Å². The number of carbonyl (C=O) groups is 1. The van der Waals surface area contributed by atoms with E-state index in [1.54, 1.807) is 30.5 Å². The average molecular weight is 327 g/mol. The molecule has 2 aromatic rings. The normalized spacial score (nSPS) is 11.5. The molecule has 0 radical (unpaired) electrons. The van der Waals surface area contributed by atoms with Crippen LogP contribution in [0.2, 0.25) is 0 Å². The topological polar surface area (TPSA) is 83.8 Å². The third-order valence-electron chi connectivity index (χ3n) is 2.73. The molecule has 7 nitrogen and oxygen atoms in total. The van der Waals surface area contributed by atoms with Crippen LogP contribution in [0.15, 0.2) is 30.5 Å². The Morgan fingerprint density at radius 3 is 2.68 bits per heavy atom. The Hall–Kier alpha value is -2.06. The minimum absolute atomic E-state index is 0.0727. The van der Waals surface area contributed by atoms with Crippen molar-refractivity contribution in [2.45, 2.75) is 13.3 Å². The smallest absolute Gasteiger partial charge is 0.329 e. The summed E-state index contributed by atoms with van der Waals surface area (Å²) in [7, 11) is -3.42. The fourth-order valence-electron chi connectivity index (χ4n) is 1.91. The molecule has 0 fully saturated rings. The summed E-state index contributed by atoms with van der Waals surface area (Å²) in [6.07, 6.45) is 3.08. The number of aromatic nitrogens is 1. The second-order valence-electron chi connectivity index (χ2n) is 4.64. The first kappa shape index (κ1) is 16.3. The van der Waals surface area contributed by atoms with E-state index in [0.29, 0.717) is 24.3 Å². The summed E-state index contributed by atoms with van der Waals surface area (Å²) in [4.78, 5) is 16.1. The summed E-state index contributed by atoms with van der Waals surface area (Å²) < 4.78 is 33.3. The lowest BCUT2D eigenvalue weighted by Crippen LogP contribution is -2.14. The van der Waals surface area contributed by atoms with Crippen LogP contribution in [-0.2, 0) is 19.1 Å². The van der Waals surface area contributed by atoms with E-state index in [2.05, 4.69) is 4.18 Å². The molecule has 0 aliphatic rings. The summed E-state index contributed by atoms with van der Waals surface area (Å²) >= 11 is 0. The van der Waals surface area contributed by atoms with E-state index < -0.39 is 16.1 Å². The lowest BCUT2D eigenvalue weighted by atomic mass is 10.2. The fourth-order valence-corrected chi connectivity index (χ4v) is 2.33. The van der Waals surface area contributed by atoms with Crippen LogP contribution in [-0.4, -0.2) is 38.6 Å². The highest BCUT2D eigenvalue weighted by Crippen LogP contribution is 2.26. The van der Waals surface area contributed by atoms with Crippen molar-refractivity contribution in [2.24, 2.45) is 0 Å². The number of ether oxygens (including phenoxy) is 1. The van der Waals surface area contributed by atoms with Gasteiger partial charge in [-0.25, -0.2) is 4.79 Å². The third-order valence-corrected chi connectivity index (χ3v) is 3.32. The van der Waals surface area contributed by atoms with Crippen molar-refractivity contribution in [1.29, 1.82) is 0 Å². The zero-order valence-corrected chi connectivity index (χ0v) is 13.1. The van der Waals surface area contributed by atoms with Crippen LogP contribution >= 0.6 is 0 Å². The molecule has 1 aromatic heterocycles. The van der Waals surface area contributed by atoms with Gasteiger partial charge in [0.05, 0.1) is 25.0 Å². The highest BCUT2D eigenvalue weighted by Gasteiger charge is 2.09. The second kappa shape index (κ2) is 6.80. The molecule has 2 rings (SSSR count). The van der Waals surface area contributed by atoms with Crippen LogP contribution in [0.5, 0.6) is 5.75 Å². The van der Waals surface area contributed by atoms with Gasteiger partial charge in [-0.2, -0.15) is 13.1 Å². The largest absolute Gasteiger partial charge is 0.493 e. The standard InChI is InChI=1S/C14H17NO6S/c1-11(16)21-15-8-7-12-13(15)5-3-6-14(12)19-9-4-10-20-22(2,17)18/h3,5-8H,4,9-10H2,1-2H3. The molecule has 0 spiro atoms. The van der Waals surface area contributed by atoms with Gasteiger partial charge < -0.3 is 9.57 Å². The van der Waals surface area contributed by atoms with Crippen LogP contribution in [0.4, 0.5) is 0 Å². The average Bonchev–Trinajstić information content (AvgIpc) is 2.80. The molecule has 0 aliphatic carbocycles. The first-order valence-electron chi connectivity index (χ1n) is 6.63. The van der Waals surface area contributed by atoms with Crippen molar-refractivity contribution in [1.82, 2.24) is 4.73 Å². The second-order valence-corrected chi connectivity index (χ2v) is 6.29. The number of fused-ring (bicyclic) bond motifs is 1. The van der Waals surface area contributed by atoms with E-state index in [1.165, 1.54) is 11.7 Å². The van der Waals surface area contributed by atoms with Crippen LogP contribution in [0.25, 0.3) is 10.9 Å². The molecule has 1 aromatic carbocycles. The van der Waals surface area contributed by atoms with Gasteiger partial charge in [-0.1, -0.05) is 6.07 Å². The highest BCUT2D eigenvalue weighted by atomic mass is 32.2. The zero-order valence-electron chi connectivity index (χ0n) is 12.3. The molecule has 0 unspecified atom stereocenters. The Bertz CT molecular complexity index is 765. The predicted octanol–water partition coefficient (Wildman–Crippen LogP) is 1.36. The van der Waals surface area contributed by atoms with Crippen LogP contribution in [0.1, 0.15) is 13.3 Å². The number of nitrogens with zero attached hydrogens (tertiary/aromatic N) is 1. The third kappa shape index (κ3) is 4.47. The number of carbonyl (C=O) groups excluding carboxylic acids is 1. The Kier molecular flexibility index (Phi) is 5.04. The minimum Gasteiger partial charge on any atom is -0.493 e. The van der Waals surface area contributed by atoms with Gasteiger partial charge in [-0.05, 0) is 18.2 Å². The van der Waals surface area contributed by atoms with Gasteiger partial charge in [0.25, 0.3) is 10.1 Å². The summed E-state index contributed by atoms with van der Waals surface area (Å²) in [6.45, 7) is 1.71. The quantitative estimate of drug-likeness (QED) is 0.564. The molecule has 22 heavy (non-hydrogen) atoms. The van der Waals surface area contributed by atoms with E-state index in [9.17, 15) is 13.2 Å². The predicted molar refractivity (Wildman–Crippen MR) is 80.1 cm³/mol. The Morgan fingerprint density at radius 2 is 2.00 bits per heavy atom. The SMILES string of the molecule is CC(=O)On1ccc2c(OCCCOS(C)(=O)=O)cccc21. The maximum atomic E-state index is 11.0. The van der Waals surface area contributed by atoms with Crippen LogP contribution in [0.3, 0.4) is 0 Å². The summed E-state index contributed by atoms with van der Waals surface area (Å²) in [5, 5.41) is 0.799.